The molecule has 108 valence electrons. The summed E-state index contributed by atoms with van der Waals surface area (Å²) < 4.78 is 1.94. The molecule has 0 bridgehead atoms. The van der Waals surface area contributed by atoms with E-state index in [1.165, 1.54) is 4.88 Å². The molecular formula is C15H21N3OS. The van der Waals surface area contributed by atoms with Crippen LogP contribution in [0.5, 0.6) is 0 Å². The normalized spacial score (nSPS) is 11.0. The van der Waals surface area contributed by atoms with Crippen molar-refractivity contribution in [3.05, 3.63) is 40.3 Å². The van der Waals surface area contributed by atoms with Crippen molar-refractivity contribution in [3.63, 3.8) is 0 Å². The van der Waals surface area contributed by atoms with Crippen LogP contribution in [0.4, 0.5) is 5.69 Å². The van der Waals surface area contributed by atoms with Gasteiger partial charge < -0.3 is 15.2 Å². The summed E-state index contributed by atoms with van der Waals surface area (Å²) in [5.74, 6) is 0.0336. The Morgan fingerprint density at radius 1 is 1.50 bits per heavy atom. The van der Waals surface area contributed by atoms with E-state index in [2.05, 4.69) is 6.07 Å². The highest BCUT2D eigenvalue weighted by Gasteiger charge is 2.20. The highest BCUT2D eigenvalue weighted by atomic mass is 32.1. The highest BCUT2D eigenvalue weighted by Crippen LogP contribution is 2.20. The van der Waals surface area contributed by atoms with Crippen molar-refractivity contribution in [1.82, 2.24) is 9.47 Å². The number of anilines is 1. The fourth-order valence-electron chi connectivity index (χ4n) is 2.18. The summed E-state index contributed by atoms with van der Waals surface area (Å²) in [4.78, 5) is 15.7. The number of carbonyl (C=O) groups is 1. The Balaban J connectivity index is 2.24. The van der Waals surface area contributed by atoms with Crippen LogP contribution in [0.15, 0.2) is 29.8 Å². The highest BCUT2D eigenvalue weighted by molar-refractivity contribution is 7.09. The molecule has 0 aliphatic rings. The van der Waals surface area contributed by atoms with Crippen LogP contribution >= 0.6 is 11.3 Å². The lowest BCUT2D eigenvalue weighted by molar-refractivity contribution is 0.0741. The Bertz CT molecular complexity index is 572. The largest absolute Gasteiger partial charge is 0.397 e. The average Bonchev–Trinajstić information content (AvgIpc) is 3.04. The van der Waals surface area contributed by atoms with Crippen LogP contribution in [0.3, 0.4) is 0 Å². The molecule has 2 N–H and O–H groups in total. The molecule has 2 aromatic heterocycles. The molecule has 0 aliphatic heterocycles. The van der Waals surface area contributed by atoms with E-state index in [0.717, 1.165) is 0 Å². The van der Waals surface area contributed by atoms with Gasteiger partial charge in [-0.15, -0.1) is 11.3 Å². The first kappa shape index (κ1) is 14.7. The van der Waals surface area contributed by atoms with Gasteiger partial charge in [-0.1, -0.05) is 6.07 Å². The number of hydrogen-bond acceptors (Lipinski definition) is 3. The van der Waals surface area contributed by atoms with Gasteiger partial charge in [0.1, 0.15) is 5.69 Å². The molecule has 0 radical (unpaired) electrons. The van der Waals surface area contributed by atoms with Gasteiger partial charge >= 0.3 is 0 Å². The van der Waals surface area contributed by atoms with Crippen LogP contribution in [-0.4, -0.2) is 21.9 Å². The zero-order chi connectivity index (χ0) is 14.7. The molecule has 0 fully saturated rings. The Morgan fingerprint density at radius 3 is 2.80 bits per heavy atom. The van der Waals surface area contributed by atoms with Crippen LogP contribution in [0.2, 0.25) is 0 Å². The molecule has 2 heterocycles. The molecule has 0 saturated heterocycles. The SMILES string of the molecule is CCN(Cc1cccs1)C(=O)c1cc(N)cn1C(C)C. The minimum absolute atomic E-state index is 0.0336. The van der Waals surface area contributed by atoms with Gasteiger partial charge in [-0.3, -0.25) is 4.79 Å². The monoisotopic (exact) mass is 291 g/mol. The minimum atomic E-state index is 0.0336. The zero-order valence-electron chi connectivity index (χ0n) is 12.2. The molecule has 0 aromatic carbocycles. The van der Waals surface area contributed by atoms with Gasteiger partial charge in [0.25, 0.3) is 5.91 Å². The van der Waals surface area contributed by atoms with Crippen molar-refractivity contribution < 1.29 is 4.79 Å². The lowest BCUT2D eigenvalue weighted by Crippen LogP contribution is -2.31. The maximum absolute atomic E-state index is 12.7. The number of aromatic nitrogens is 1. The number of carbonyl (C=O) groups excluding carboxylic acids is 1. The molecular weight excluding hydrogens is 270 g/mol. The summed E-state index contributed by atoms with van der Waals surface area (Å²) in [5.41, 5.74) is 7.14. The Morgan fingerprint density at radius 2 is 2.25 bits per heavy atom. The van der Waals surface area contributed by atoms with Gasteiger partial charge in [-0.05, 0) is 38.3 Å². The van der Waals surface area contributed by atoms with Crippen molar-refractivity contribution in [2.75, 3.05) is 12.3 Å². The van der Waals surface area contributed by atoms with E-state index in [9.17, 15) is 4.79 Å². The summed E-state index contributed by atoms with van der Waals surface area (Å²) in [6.07, 6.45) is 1.83. The molecule has 0 saturated carbocycles. The van der Waals surface area contributed by atoms with Crippen LogP contribution in [-0.2, 0) is 6.54 Å². The number of nitrogens with zero attached hydrogens (tertiary/aromatic N) is 2. The molecule has 1 amide bonds. The van der Waals surface area contributed by atoms with E-state index in [4.69, 9.17) is 5.73 Å². The molecule has 0 spiro atoms. The van der Waals surface area contributed by atoms with Crippen LogP contribution in [0.1, 0.15) is 42.2 Å². The number of nitrogens with two attached hydrogens (primary N) is 1. The van der Waals surface area contributed by atoms with E-state index >= 15 is 0 Å². The molecule has 2 rings (SSSR count). The second-order valence-electron chi connectivity index (χ2n) is 5.06. The number of hydrogen-bond donors (Lipinski definition) is 1. The number of nitrogen functional groups attached to an aromatic ring is 1. The fourth-order valence-corrected chi connectivity index (χ4v) is 2.90. The van der Waals surface area contributed by atoms with E-state index in [-0.39, 0.29) is 11.9 Å². The van der Waals surface area contributed by atoms with Crippen molar-refractivity contribution >= 4 is 22.9 Å². The molecule has 20 heavy (non-hydrogen) atoms. The van der Waals surface area contributed by atoms with Crippen LogP contribution in [0.25, 0.3) is 0 Å². The van der Waals surface area contributed by atoms with E-state index in [1.807, 2.05) is 47.9 Å². The summed E-state index contributed by atoms with van der Waals surface area (Å²) in [6, 6.07) is 6.04. The predicted molar refractivity (Wildman–Crippen MR) is 84.0 cm³/mol. The topological polar surface area (TPSA) is 51.3 Å². The summed E-state index contributed by atoms with van der Waals surface area (Å²) in [6.45, 7) is 7.42. The fraction of sp³-hybridized carbons (Fsp3) is 0.400. The number of amides is 1. The smallest absolute Gasteiger partial charge is 0.270 e. The molecule has 2 aromatic rings. The van der Waals surface area contributed by atoms with Gasteiger partial charge in [-0.25, -0.2) is 0 Å². The first-order valence-corrected chi connectivity index (χ1v) is 7.70. The minimum Gasteiger partial charge on any atom is -0.397 e. The van der Waals surface area contributed by atoms with Crippen molar-refractivity contribution in [3.8, 4) is 0 Å². The van der Waals surface area contributed by atoms with E-state index in [0.29, 0.717) is 24.5 Å². The Kier molecular flexibility index (Phi) is 4.49. The quantitative estimate of drug-likeness (QED) is 0.918. The first-order chi connectivity index (χ1) is 9.52. The Hall–Kier alpha value is -1.75. The second kappa shape index (κ2) is 6.13. The lowest BCUT2D eigenvalue weighted by Gasteiger charge is -2.22. The third kappa shape index (κ3) is 3.04. The third-order valence-electron chi connectivity index (χ3n) is 3.24. The molecule has 0 aliphatic carbocycles. The van der Waals surface area contributed by atoms with Crippen LogP contribution in [0, 0.1) is 0 Å². The number of rotatable bonds is 5. The van der Waals surface area contributed by atoms with Gasteiger partial charge in [0, 0.05) is 23.7 Å². The maximum Gasteiger partial charge on any atom is 0.270 e. The van der Waals surface area contributed by atoms with Gasteiger partial charge in [0.2, 0.25) is 0 Å². The van der Waals surface area contributed by atoms with Crippen LogP contribution < -0.4 is 5.73 Å². The predicted octanol–water partition coefficient (Wildman–Crippen LogP) is 3.38. The van der Waals surface area contributed by atoms with Gasteiger partial charge in [0.05, 0.1) is 12.2 Å². The lowest BCUT2D eigenvalue weighted by atomic mass is 10.3. The van der Waals surface area contributed by atoms with Crippen molar-refractivity contribution in [2.24, 2.45) is 0 Å². The zero-order valence-corrected chi connectivity index (χ0v) is 13.0. The molecule has 0 unspecified atom stereocenters. The average molecular weight is 291 g/mol. The van der Waals surface area contributed by atoms with Gasteiger partial charge in [-0.2, -0.15) is 0 Å². The van der Waals surface area contributed by atoms with E-state index in [1.54, 1.807) is 17.4 Å². The maximum atomic E-state index is 12.7. The Labute approximate surface area is 123 Å². The number of thiophene rings is 1. The summed E-state index contributed by atoms with van der Waals surface area (Å²) in [7, 11) is 0. The van der Waals surface area contributed by atoms with Crippen molar-refractivity contribution in [1.29, 1.82) is 0 Å². The van der Waals surface area contributed by atoms with E-state index < -0.39 is 0 Å². The standard InChI is InChI=1S/C15H21N3OS/c1-4-17(10-13-6-5-7-20-13)15(19)14-8-12(16)9-18(14)11(2)3/h5-9,11H,4,10,16H2,1-3H3. The summed E-state index contributed by atoms with van der Waals surface area (Å²) >= 11 is 1.67. The molecule has 5 heteroatoms. The third-order valence-corrected chi connectivity index (χ3v) is 4.10. The van der Waals surface area contributed by atoms with Gasteiger partial charge in [0.15, 0.2) is 0 Å². The molecule has 0 atom stereocenters. The molecule has 4 nitrogen and oxygen atoms in total. The first-order valence-electron chi connectivity index (χ1n) is 6.82. The second-order valence-corrected chi connectivity index (χ2v) is 6.09. The van der Waals surface area contributed by atoms with Crippen molar-refractivity contribution in [2.45, 2.75) is 33.4 Å². The summed E-state index contributed by atoms with van der Waals surface area (Å²) in [5, 5.41) is 2.03.